The fraction of sp³-hybridized carbons (Fsp3) is 0.231. The molecule has 104 valence electrons. The van der Waals surface area contributed by atoms with Crippen LogP contribution in [-0.2, 0) is 10.0 Å². The number of rotatable bonds is 0. The van der Waals surface area contributed by atoms with Gasteiger partial charge in [0.1, 0.15) is 4.90 Å². The van der Waals surface area contributed by atoms with Crippen molar-refractivity contribution in [2.24, 2.45) is 0 Å². The highest BCUT2D eigenvalue weighted by Crippen LogP contribution is 2.51. The lowest BCUT2D eigenvalue weighted by Gasteiger charge is -2.40. The van der Waals surface area contributed by atoms with Crippen LogP contribution in [0.4, 0.5) is 5.69 Å². The maximum Gasteiger partial charge on any atom is 0.244 e. The van der Waals surface area contributed by atoms with E-state index in [1.54, 1.807) is 11.3 Å². The molecule has 1 N–H and O–H groups in total. The summed E-state index contributed by atoms with van der Waals surface area (Å²) in [6.07, 6.45) is 0. The number of halogens is 1. The molecule has 0 amide bonds. The fourth-order valence-electron chi connectivity index (χ4n) is 2.93. The summed E-state index contributed by atoms with van der Waals surface area (Å²) in [5.41, 5.74) is 2.77. The van der Waals surface area contributed by atoms with E-state index in [9.17, 15) is 8.42 Å². The summed E-state index contributed by atoms with van der Waals surface area (Å²) < 4.78 is 27.1. The maximum absolute atomic E-state index is 12.2. The van der Waals surface area contributed by atoms with E-state index in [0.717, 1.165) is 16.8 Å². The lowest BCUT2D eigenvalue weighted by atomic mass is 9.95. The molecule has 2 aliphatic heterocycles. The van der Waals surface area contributed by atoms with E-state index in [-0.39, 0.29) is 10.9 Å². The summed E-state index contributed by atoms with van der Waals surface area (Å²) in [5, 5.41) is 2.48. The highest BCUT2D eigenvalue weighted by molar-refractivity contribution is 7.89. The van der Waals surface area contributed by atoms with Crippen molar-refractivity contribution in [2.45, 2.75) is 17.9 Å². The lowest BCUT2D eigenvalue weighted by molar-refractivity contribution is 0.559. The molecule has 0 spiro atoms. The minimum atomic E-state index is -3.48. The second-order valence-electron chi connectivity index (χ2n) is 4.95. The molecule has 20 heavy (non-hydrogen) atoms. The van der Waals surface area contributed by atoms with Crippen LogP contribution in [0.5, 0.6) is 0 Å². The first-order chi connectivity index (χ1) is 9.49. The predicted molar refractivity (Wildman–Crippen MR) is 80.8 cm³/mol. The lowest BCUT2D eigenvalue weighted by Crippen LogP contribution is -2.45. The van der Waals surface area contributed by atoms with Gasteiger partial charge in [-0.15, -0.1) is 11.3 Å². The van der Waals surface area contributed by atoms with Crippen LogP contribution in [0.3, 0.4) is 0 Å². The second kappa shape index (κ2) is 3.98. The number of nitrogens with one attached hydrogen (secondary N) is 1. The number of nitrogens with zero attached hydrogens (tertiary/aromatic N) is 1. The number of sulfonamides is 1. The van der Waals surface area contributed by atoms with Crippen LogP contribution in [0.1, 0.15) is 17.8 Å². The molecule has 0 saturated carbocycles. The molecule has 7 heteroatoms. The number of hydrogen-bond donors (Lipinski definition) is 1. The van der Waals surface area contributed by atoms with Gasteiger partial charge in [0.15, 0.2) is 0 Å². The molecule has 0 saturated heterocycles. The molecule has 2 aliphatic rings. The monoisotopic (exact) mass is 326 g/mol. The fourth-order valence-corrected chi connectivity index (χ4v) is 5.42. The summed E-state index contributed by atoms with van der Waals surface area (Å²) in [5.74, 6) is 0. The third-order valence-electron chi connectivity index (χ3n) is 3.87. The molecule has 0 radical (unpaired) electrons. The number of thiophene rings is 1. The molecule has 1 aromatic heterocycles. The van der Waals surface area contributed by atoms with Crippen molar-refractivity contribution >= 4 is 38.6 Å². The van der Waals surface area contributed by atoms with E-state index in [1.165, 1.54) is 10.9 Å². The van der Waals surface area contributed by atoms with Crippen LogP contribution in [0, 0.1) is 0 Å². The van der Waals surface area contributed by atoms with Crippen molar-refractivity contribution in [1.29, 1.82) is 0 Å². The number of benzene rings is 1. The van der Waals surface area contributed by atoms with E-state index in [0.29, 0.717) is 11.7 Å². The minimum Gasteiger partial charge on any atom is -0.349 e. The summed E-state index contributed by atoms with van der Waals surface area (Å²) >= 11 is 7.81. The van der Waals surface area contributed by atoms with Crippen LogP contribution in [-0.4, -0.2) is 15.1 Å². The zero-order valence-corrected chi connectivity index (χ0v) is 12.9. The molecule has 2 aromatic rings. The van der Waals surface area contributed by atoms with Crippen molar-refractivity contribution in [3.63, 3.8) is 0 Å². The maximum atomic E-state index is 12.2. The Morgan fingerprint density at radius 3 is 3.00 bits per heavy atom. The Morgan fingerprint density at radius 2 is 2.20 bits per heavy atom. The van der Waals surface area contributed by atoms with Crippen molar-refractivity contribution in [3.8, 4) is 11.1 Å². The van der Waals surface area contributed by atoms with Gasteiger partial charge in [0, 0.05) is 15.5 Å². The van der Waals surface area contributed by atoms with Crippen LogP contribution in [0.25, 0.3) is 11.1 Å². The number of fused-ring (bicyclic) bond motifs is 2. The predicted octanol–water partition coefficient (Wildman–Crippen LogP) is 3.20. The summed E-state index contributed by atoms with van der Waals surface area (Å²) in [4.78, 5) is 3.60. The van der Waals surface area contributed by atoms with Crippen molar-refractivity contribution in [2.75, 3.05) is 11.6 Å². The van der Waals surface area contributed by atoms with Crippen molar-refractivity contribution in [3.05, 3.63) is 33.5 Å². The van der Waals surface area contributed by atoms with E-state index in [4.69, 9.17) is 11.6 Å². The quantitative estimate of drug-likeness (QED) is 0.808. The average Bonchev–Trinajstić information content (AvgIpc) is 2.87. The Bertz CT molecular complexity index is 829. The van der Waals surface area contributed by atoms with Crippen LogP contribution in [0.2, 0.25) is 5.02 Å². The molecule has 3 heterocycles. The van der Waals surface area contributed by atoms with Gasteiger partial charge in [0.25, 0.3) is 0 Å². The van der Waals surface area contributed by atoms with Gasteiger partial charge in [-0.2, -0.15) is 4.72 Å². The van der Waals surface area contributed by atoms with E-state index >= 15 is 0 Å². The Morgan fingerprint density at radius 1 is 1.40 bits per heavy atom. The van der Waals surface area contributed by atoms with Gasteiger partial charge in [-0.05, 0) is 36.1 Å². The van der Waals surface area contributed by atoms with Gasteiger partial charge in [0.2, 0.25) is 10.0 Å². The molecular weight excluding hydrogens is 316 g/mol. The molecule has 0 bridgehead atoms. The van der Waals surface area contributed by atoms with Crippen LogP contribution < -0.4 is 9.62 Å². The van der Waals surface area contributed by atoms with E-state index in [2.05, 4.69) is 16.5 Å². The van der Waals surface area contributed by atoms with E-state index < -0.39 is 10.0 Å². The standard InChI is InChI=1S/C13H11ClN2O2S2/c1-7-13-9(2-3-19-13)10-4-8(14)5-11-12(10)16(7)6-15-20(11,17)18/h2-5,7,15H,6H2,1H3. The molecule has 0 aliphatic carbocycles. The molecule has 1 unspecified atom stereocenters. The first-order valence-electron chi connectivity index (χ1n) is 6.16. The highest BCUT2D eigenvalue weighted by Gasteiger charge is 2.38. The van der Waals surface area contributed by atoms with Gasteiger partial charge < -0.3 is 4.90 Å². The number of anilines is 1. The van der Waals surface area contributed by atoms with Crippen molar-refractivity contribution in [1.82, 2.24) is 4.72 Å². The third-order valence-corrected chi connectivity index (χ3v) is 6.58. The van der Waals surface area contributed by atoms with Gasteiger partial charge in [-0.1, -0.05) is 11.6 Å². The first kappa shape index (κ1) is 12.6. The van der Waals surface area contributed by atoms with Gasteiger partial charge in [-0.3, -0.25) is 0 Å². The Labute approximate surface area is 126 Å². The SMILES string of the molecule is CC1c2sccc2-c2cc(Cl)cc3c2N1CNS3(=O)=O. The highest BCUT2D eigenvalue weighted by atomic mass is 35.5. The van der Waals surface area contributed by atoms with Gasteiger partial charge in [0.05, 0.1) is 18.4 Å². The van der Waals surface area contributed by atoms with Crippen LogP contribution in [0.15, 0.2) is 28.5 Å². The van der Waals surface area contributed by atoms with E-state index in [1.807, 2.05) is 17.5 Å². The Balaban J connectivity index is 2.15. The molecular formula is C13H11ClN2O2S2. The third kappa shape index (κ3) is 1.53. The first-order valence-corrected chi connectivity index (χ1v) is 8.91. The molecule has 4 nitrogen and oxygen atoms in total. The normalized spacial score (nSPS) is 22.3. The smallest absolute Gasteiger partial charge is 0.244 e. The van der Waals surface area contributed by atoms with Crippen LogP contribution >= 0.6 is 22.9 Å². The Hall–Kier alpha value is -1.08. The minimum absolute atomic E-state index is 0.153. The summed E-state index contributed by atoms with van der Waals surface area (Å²) in [6, 6.07) is 5.57. The zero-order valence-electron chi connectivity index (χ0n) is 10.6. The van der Waals surface area contributed by atoms with Gasteiger partial charge in [-0.25, -0.2) is 8.42 Å². The Kier molecular flexibility index (Phi) is 2.51. The topological polar surface area (TPSA) is 49.4 Å². The molecule has 0 fully saturated rings. The molecule has 1 aromatic carbocycles. The summed E-state index contributed by atoms with van der Waals surface area (Å²) in [7, 11) is -3.48. The molecule has 4 rings (SSSR count). The second-order valence-corrected chi connectivity index (χ2v) is 8.07. The van der Waals surface area contributed by atoms with Crippen molar-refractivity contribution < 1.29 is 8.42 Å². The zero-order chi connectivity index (χ0) is 14.1. The summed E-state index contributed by atoms with van der Waals surface area (Å²) in [6.45, 7) is 2.39. The molecule has 1 atom stereocenters. The average molecular weight is 327 g/mol. The van der Waals surface area contributed by atoms with Gasteiger partial charge >= 0.3 is 0 Å². The largest absolute Gasteiger partial charge is 0.349 e. The number of hydrogen-bond acceptors (Lipinski definition) is 4.